The highest BCUT2D eigenvalue weighted by Gasteiger charge is 2.47. The molecular weight excluding hydrogens is 147 g/mol. The zero-order valence-electron chi connectivity index (χ0n) is 6.66. The fourth-order valence-corrected chi connectivity index (χ4v) is 1.89. The van der Waals surface area contributed by atoms with Crippen LogP contribution in [-0.4, -0.2) is 27.2 Å². The molecule has 0 bridgehead atoms. The highest BCUT2D eigenvalue weighted by molar-refractivity contribution is 8.15. The van der Waals surface area contributed by atoms with Gasteiger partial charge in [-0.15, -0.1) is 0 Å². The fraction of sp³-hybridized carbons (Fsp3) is 1.00. The number of rotatable bonds is 4. The molecule has 0 amide bonds. The van der Waals surface area contributed by atoms with Gasteiger partial charge < -0.3 is 8.92 Å². The first-order chi connectivity index (χ1) is 5.40. The van der Waals surface area contributed by atoms with Crippen LogP contribution in [0, 0.1) is 5.92 Å². The van der Waals surface area contributed by atoms with Crippen LogP contribution in [0.25, 0.3) is 0 Å². The average Bonchev–Trinajstić information content (AvgIpc) is 2.61. The predicted molar refractivity (Wildman–Crippen MR) is 42.1 cm³/mol. The van der Waals surface area contributed by atoms with Crippen LogP contribution < -0.4 is 0 Å². The highest BCUT2D eigenvalue weighted by Crippen LogP contribution is 2.42. The maximum absolute atomic E-state index is 6.71. The molecule has 3 atom stereocenters. The Hall–Kier alpha value is 0.335. The molecule has 2 nitrogen and oxygen atoms in total. The van der Waals surface area contributed by atoms with E-state index in [-0.39, 0.29) is 0 Å². The summed E-state index contributed by atoms with van der Waals surface area (Å²) in [4.78, 5) is 0. The van der Waals surface area contributed by atoms with E-state index in [0.717, 1.165) is 31.3 Å². The number of ether oxygens (including phenoxy) is 1. The summed E-state index contributed by atoms with van der Waals surface area (Å²) in [5.41, 5.74) is 0. The zero-order valence-corrected chi connectivity index (χ0v) is 6.47. The van der Waals surface area contributed by atoms with Gasteiger partial charge in [-0.25, -0.2) is 0 Å². The van der Waals surface area contributed by atoms with Gasteiger partial charge in [-0.2, -0.15) is 0 Å². The van der Waals surface area contributed by atoms with Gasteiger partial charge in [-0.05, 0) is 20.1 Å². The van der Waals surface area contributed by atoms with Gasteiger partial charge in [0.2, 0.25) is 7.09 Å². The lowest BCUT2D eigenvalue weighted by molar-refractivity contribution is 0.216. The molecule has 0 spiro atoms. The number of hydrogen-bond acceptors (Lipinski definition) is 3. The van der Waals surface area contributed by atoms with Crippen molar-refractivity contribution in [3.05, 3.63) is 0 Å². The molecule has 0 aromatic rings. The standard InChI is InChI=1S/C6H10BO2S/c7-10-8-3-4-1-5-6(2-4)9-5/h4-7H,1-3H2/t4?,5-,6+/i7T. The second kappa shape index (κ2) is 2.76. The normalized spacial score (nSPS) is 44.4. The van der Waals surface area contributed by atoms with Gasteiger partial charge in [0, 0.05) is 0 Å². The fourth-order valence-electron chi connectivity index (χ4n) is 1.62. The van der Waals surface area contributed by atoms with Gasteiger partial charge in [-0.1, -0.05) is 11.9 Å². The summed E-state index contributed by atoms with van der Waals surface area (Å²) in [6.07, 6.45) is 3.41. The van der Waals surface area contributed by atoms with E-state index in [4.69, 9.17) is 10.3 Å². The average molecular weight is 159 g/mol. The summed E-state index contributed by atoms with van der Waals surface area (Å²) >= 11 is 1.11. The molecule has 2 fully saturated rings. The van der Waals surface area contributed by atoms with Gasteiger partial charge in [0.1, 0.15) is 0 Å². The number of epoxide rings is 1. The van der Waals surface area contributed by atoms with Gasteiger partial charge in [-0.3, -0.25) is 0 Å². The van der Waals surface area contributed by atoms with Crippen molar-refractivity contribution in [1.29, 1.82) is 1.34 Å². The van der Waals surface area contributed by atoms with Gasteiger partial charge in [0.15, 0.2) is 0 Å². The Morgan fingerprint density at radius 3 is 3.20 bits per heavy atom. The molecule has 1 aliphatic heterocycles. The first kappa shape index (κ1) is 5.92. The highest BCUT2D eigenvalue weighted by atomic mass is 32.2. The molecule has 0 aromatic carbocycles. The van der Waals surface area contributed by atoms with E-state index in [1.54, 1.807) is 0 Å². The summed E-state index contributed by atoms with van der Waals surface area (Å²) in [6.45, 7) is 0.774. The largest absolute Gasteiger partial charge is 0.370 e. The van der Waals surface area contributed by atoms with Crippen molar-refractivity contribution in [2.24, 2.45) is 5.92 Å². The minimum Gasteiger partial charge on any atom is -0.370 e. The summed E-state index contributed by atoms with van der Waals surface area (Å²) in [7, 11) is 1.21. The van der Waals surface area contributed by atoms with Crippen molar-refractivity contribution in [3.8, 4) is 0 Å². The lowest BCUT2D eigenvalue weighted by Crippen LogP contribution is -2.05. The smallest absolute Gasteiger partial charge is 0.209 e. The van der Waals surface area contributed by atoms with Crippen molar-refractivity contribution in [2.75, 3.05) is 6.61 Å². The van der Waals surface area contributed by atoms with E-state index in [9.17, 15) is 0 Å². The van der Waals surface area contributed by atoms with E-state index < -0.39 is 0 Å². The topological polar surface area (TPSA) is 21.8 Å². The van der Waals surface area contributed by atoms with E-state index in [1.165, 1.54) is 7.09 Å². The summed E-state index contributed by atoms with van der Waals surface area (Å²) in [6, 6.07) is 0. The van der Waals surface area contributed by atoms with Crippen LogP contribution in [0.5, 0.6) is 0 Å². The number of hydrogen-bond donors (Lipinski definition) is 0. The summed E-state index contributed by atoms with van der Waals surface area (Å²) in [5.74, 6) is 0.672. The second-order valence-corrected chi connectivity index (χ2v) is 3.36. The van der Waals surface area contributed by atoms with Crippen LogP contribution in [0.15, 0.2) is 0 Å². The van der Waals surface area contributed by atoms with E-state index in [0.29, 0.717) is 18.1 Å². The van der Waals surface area contributed by atoms with Crippen LogP contribution in [0.1, 0.15) is 12.8 Å². The molecule has 2 rings (SSSR count). The molecule has 4 heteroatoms. The SMILES string of the molecule is [3H][B]SOCC1C[C@@H]2O[C@@H]2C1. The van der Waals surface area contributed by atoms with Crippen molar-refractivity contribution in [2.45, 2.75) is 25.0 Å². The molecular formula is C6H10BO2S. The van der Waals surface area contributed by atoms with Crippen LogP contribution in [0.4, 0.5) is 0 Å². The number of fused-ring (bicyclic) bond motifs is 1. The van der Waals surface area contributed by atoms with Crippen LogP contribution in [0.3, 0.4) is 0 Å². The monoisotopic (exact) mass is 159 g/mol. The van der Waals surface area contributed by atoms with Crippen molar-refractivity contribution >= 4 is 19.0 Å². The van der Waals surface area contributed by atoms with E-state index in [2.05, 4.69) is 0 Å². The molecule has 0 N–H and O–H groups in total. The molecule has 1 saturated carbocycles. The van der Waals surface area contributed by atoms with Crippen molar-refractivity contribution < 1.29 is 8.92 Å². The van der Waals surface area contributed by atoms with E-state index in [1.807, 2.05) is 0 Å². The Balaban J connectivity index is 1.57. The Morgan fingerprint density at radius 1 is 1.70 bits per heavy atom. The Morgan fingerprint density at radius 2 is 2.50 bits per heavy atom. The third-order valence-electron chi connectivity index (χ3n) is 2.19. The molecule has 1 aliphatic carbocycles. The third kappa shape index (κ3) is 1.33. The maximum atomic E-state index is 6.71. The maximum Gasteiger partial charge on any atom is 0.209 e. The zero-order chi connectivity index (χ0) is 7.68. The van der Waals surface area contributed by atoms with E-state index >= 15 is 0 Å². The molecule has 2 aliphatic rings. The lowest BCUT2D eigenvalue weighted by atomic mass is 10.1. The Bertz CT molecular complexity index is 139. The Labute approximate surface area is 67.5 Å². The second-order valence-electron chi connectivity index (χ2n) is 2.93. The van der Waals surface area contributed by atoms with Crippen molar-refractivity contribution in [1.82, 2.24) is 0 Å². The van der Waals surface area contributed by atoms with Gasteiger partial charge >= 0.3 is 0 Å². The minimum atomic E-state index is 0.550. The molecule has 1 radical (unpaired) electrons. The Kier molecular flexibility index (Phi) is 1.63. The molecule has 1 unspecified atom stereocenters. The lowest BCUT2D eigenvalue weighted by Gasteiger charge is -2.08. The molecule has 0 aromatic heterocycles. The molecule has 55 valence electrons. The molecule has 10 heavy (non-hydrogen) atoms. The molecule has 1 saturated heterocycles. The van der Waals surface area contributed by atoms with Gasteiger partial charge in [0.25, 0.3) is 0 Å². The van der Waals surface area contributed by atoms with Crippen LogP contribution in [-0.2, 0) is 8.92 Å². The van der Waals surface area contributed by atoms with Crippen LogP contribution >= 0.6 is 11.9 Å². The summed E-state index contributed by atoms with van der Waals surface area (Å²) < 4.78 is 17.1. The summed E-state index contributed by atoms with van der Waals surface area (Å²) in [5, 5.41) is 0. The minimum absolute atomic E-state index is 0.550. The van der Waals surface area contributed by atoms with Crippen LogP contribution in [0.2, 0.25) is 0 Å². The predicted octanol–water partition coefficient (Wildman–Crippen LogP) is 0.644. The quantitative estimate of drug-likeness (QED) is 0.260. The first-order valence-corrected chi connectivity index (χ1v) is 4.34. The van der Waals surface area contributed by atoms with Gasteiger partial charge in [0.05, 0.1) is 18.8 Å². The first-order valence-electron chi connectivity index (χ1n) is 4.11. The third-order valence-corrected chi connectivity index (χ3v) is 2.46. The molecule has 1 heterocycles. The van der Waals surface area contributed by atoms with Crippen molar-refractivity contribution in [3.63, 3.8) is 0 Å².